The summed E-state index contributed by atoms with van der Waals surface area (Å²) in [6.07, 6.45) is 9.32. The molecule has 64 valence electrons. The molecule has 0 aliphatic carbocycles. The van der Waals surface area contributed by atoms with E-state index in [2.05, 4.69) is 25.9 Å². The molecule has 0 radical (unpaired) electrons. The monoisotopic (exact) mass is 236 g/mol. The molecule has 0 N–H and O–H groups in total. The van der Waals surface area contributed by atoms with E-state index in [-0.39, 0.29) is 0 Å². The van der Waals surface area contributed by atoms with E-state index in [1.807, 2.05) is 27.4 Å². The number of hydrogen-bond acceptors (Lipinski definition) is 2. The molecule has 0 unspecified atom stereocenters. The number of imidazole rings is 2. The molecule has 0 fully saturated rings. The van der Waals surface area contributed by atoms with Gasteiger partial charge in [0.1, 0.15) is 4.60 Å². The third-order valence-electron chi connectivity index (χ3n) is 2.00. The maximum absolute atomic E-state index is 4.25. The summed E-state index contributed by atoms with van der Waals surface area (Å²) >= 11 is 3.40. The van der Waals surface area contributed by atoms with Crippen LogP contribution in [0.15, 0.2) is 35.6 Å². The molecular weight excluding hydrogens is 232 g/mol. The van der Waals surface area contributed by atoms with Gasteiger partial charge in [0.25, 0.3) is 0 Å². The second-order valence-electron chi connectivity index (χ2n) is 2.73. The topological polar surface area (TPSA) is 34.6 Å². The van der Waals surface area contributed by atoms with E-state index in [4.69, 9.17) is 0 Å². The largest absolute Gasteiger partial charge is 0.303 e. The Morgan fingerprint density at radius 2 is 2.00 bits per heavy atom. The van der Waals surface area contributed by atoms with Crippen LogP contribution in [-0.2, 0) is 0 Å². The van der Waals surface area contributed by atoms with Crippen molar-refractivity contribution in [3.63, 3.8) is 0 Å². The highest BCUT2D eigenvalue weighted by molar-refractivity contribution is 9.10. The Morgan fingerprint density at radius 1 is 1.08 bits per heavy atom. The van der Waals surface area contributed by atoms with Gasteiger partial charge in [-0.15, -0.1) is 0 Å². The molecule has 0 amide bonds. The molecule has 0 aliphatic rings. The Balaban J connectivity index is 2.66. The van der Waals surface area contributed by atoms with Gasteiger partial charge in [0.05, 0.1) is 6.20 Å². The molecule has 3 aromatic heterocycles. The molecule has 0 saturated carbocycles. The summed E-state index contributed by atoms with van der Waals surface area (Å²) in [7, 11) is 0. The van der Waals surface area contributed by atoms with Crippen LogP contribution < -0.4 is 0 Å². The van der Waals surface area contributed by atoms with E-state index in [1.165, 1.54) is 0 Å². The lowest BCUT2D eigenvalue weighted by Crippen LogP contribution is -1.90. The van der Waals surface area contributed by atoms with E-state index in [0.717, 1.165) is 15.9 Å². The molecule has 0 aliphatic heterocycles. The van der Waals surface area contributed by atoms with Gasteiger partial charge >= 0.3 is 0 Å². The second-order valence-corrected chi connectivity index (χ2v) is 3.54. The van der Waals surface area contributed by atoms with Gasteiger partial charge in [-0.2, -0.15) is 0 Å². The van der Waals surface area contributed by atoms with Gasteiger partial charge in [-0.3, -0.25) is 4.40 Å². The molecule has 5 heteroatoms. The van der Waals surface area contributed by atoms with E-state index in [9.17, 15) is 0 Å². The first-order chi connectivity index (χ1) is 6.36. The summed E-state index contributed by atoms with van der Waals surface area (Å²) < 4.78 is 4.82. The maximum atomic E-state index is 4.25. The van der Waals surface area contributed by atoms with Gasteiger partial charge in [-0.25, -0.2) is 9.97 Å². The molecule has 13 heavy (non-hydrogen) atoms. The summed E-state index contributed by atoms with van der Waals surface area (Å²) in [6.45, 7) is 0. The first-order valence-electron chi connectivity index (χ1n) is 3.80. The van der Waals surface area contributed by atoms with E-state index in [0.29, 0.717) is 0 Å². The van der Waals surface area contributed by atoms with Crippen LogP contribution in [0, 0.1) is 0 Å². The van der Waals surface area contributed by atoms with Gasteiger partial charge in [-0.05, 0) is 15.9 Å². The average molecular weight is 237 g/mol. The lowest BCUT2D eigenvalue weighted by Gasteiger charge is -1.96. The Labute approximate surface area is 82.0 Å². The Hall–Kier alpha value is -1.36. The van der Waals surface area contributed by atoms with Gasteiger partial charge in [0.2, 0.25) is 0 Å². The first kappa shape index (κ1) is 7.08. The Bertz CT molecular complexity index is 580. The molecule has 0 atom stereocenters. The number of aromatic nitrogens is 4. The van der Waals surface area contributed by atoms with Crippen molar-refractivity contribution in [3.05, 3.63) is 35.6 Å². The van der Waals surface area contributed by atoms with Crippen molar-refractivity contribution in [2.45, 2.75) is 0 Å². The number of halogens is 1. The fourth-order valence-corrected chi connectivity index (χ4v) is 1.78. The minimum absolute atomic E-state index is 0.861. The van der Waals surface area contributed by atoms with Crippen LogP contribution in [0.1, 0.15) is 0 Å². The van der Waals surface area contributed by atoms with Crippen LogP contribution in [-0.4, -0.2) is 18.8 Å². The standard InChI is InChI=1S/C8H5BrN4/c9-6-5-11-8-7-10-1-2-12(7)3-4-13(6)8/h1-5H. The fraction of sp³-hybridized carbons (Fsp3) is 0. The van der Waals surface area contributed by atoms with Gasteiger partial charge in [0.15, 0.2) is 11.3 Å². The van der Waals surface area contributed by atoms with Crippen molar-refractivity contribution in [1.82, 2.24) is 18.8 Å². The third-order valence-corrected chi connectivity index (χ3v) is 2.58. The lowest BCUT2D eigenvalue weighted by molar-refractivity contribution is 1.07. The van der Waals surface area contributed by atoms with Crippen molar-refractivity contribution in [2.75, 3.05) is 0 Å². The zero-order valence-electron chi connectivity index (χ0n) is 6.55. The molecule has 4 nitrogen and oxygen atoms in total. The molecule has 0 aromatic carbocycles. The van der Waals surface area contributed by atoms with Gasteiger partial charge in [-0.1, -0.05) is 0 Å². The number of hydrogen-bond donors (Lipinski definition) is 0. The van der Waals surface area contributed by atoms with Crippen LogP contribution in [0.25, 0.3) is 11.3 Å². The fourth-order valence-electron chi connectivity index (χ4n) is 1.39. The zero-order chi connectivity index (χ0) is 8.84. The van der Waals surface area contributed by atoms with E-state index in [1.54, 1.807) is 12.4 Å². The van der Waals surface area contributed by atoms with Crippen LogP contribution in [0.2, 0.25) is 0 Å². The number of rotatable bonds is 0. The van der Waals surface area contributed by atoms with Crippen LogP contribution in [0.3, 0.4) is 0 Å². The van der Waals surface area contributed by atoms with Gasteiger partial charge in [0, 0.05) is 24.8 Å². The predicted molar refractivity (Wildman–Crippen MR) is 51.6 cm³/mol. The first-order valence-corrected chi connectivity index (χ1v) is 4.60. The predicted octanol–water partition coefficient (Wildman–Crippen LogP) is 1.74. The number of nitrogens with zero attached hydrogens (tertiary/aromatic N) is 4. The summed E-state index contributed by atoms with van der Waals surface area (Å²) in [5.74, 6) is 0. The Kier molecular flexibility index (Phi) is 1.26. The van der Waals surface area contributed by atoms with Gasteiger partial charge < -0.3 is 4.40 Å². The molecule has 3 heterocycles. The highest BCUT2D eigenvalue weighted by Gasteiger charge is 2.04. The highest BCUT2D eigenvalue weighted by Crippen LogP contribution is 2.15. The normalized spacial score (nSPS) is 11.5. The molecule has 0 saturated heterocycles. The summed E-state index contributed by atoms with van der Waals surface area (Å²) in [6, 6.07) is 0. The zero-order valence-corrected chi connectivity index (χ0v) is 8.14. The van der Waals surface area contributed by atoms with Crippen LogP contribution in [0.4, 0.5) is 0 Å². The molecule has 3 rings (SSSR count). The molecule has 0 bridgehead atoms. The van der Waals surface area contributed by atoms with E-state index < -0.39 is 0 Å². The van der Waals surface area contributed by atoms with Crippen molar-refractivity contribution in [2.24, 2.45) is 0 Å². The SMILES string of the molecule is Brc1cnc2c3nccn3ccn12. The molecule has 0 spiro atoms. The van der Waals surface area contributed by atoms with Crippen molar-refractivity contribution < 1.29 is 0 Å². The minimum atomic E-state index is 0.861. The second kappa shape index (κ2) is 2.32. The quantitative estimate of drug-likeness (QED) is 0.596. The maximum Gasteiger partial charge on any atom is 0.181 e. The Morgan fingerprint density at radius 3 is 2.92 bits per heavy atom. The highest BCUT2D eigenvalue weighted by atomic mass is 79.9. The summed E-state index contributed by atoms with van der Waals surface area (Å²) in [5.41, 5.74) is 1.73. The lowest BCUT2D eigenvalue weighted by atomic mass is 10.6. The molecular formula is C8H5BrN4. The van der Waals surface area contributed by atoms with E-state index >= 15 is 0 Å². The van der Waals surface area contributed by atoms with Crippen LogP contribution >= 0.6 is 15.9 Å². The minimum Gasteiger partial charge on any atom is -0.303 e. The third kappa shape index (κ3) is 0.846. The van der Waals surface area contributed by atoms with Crippen molar-refractivity contribution in [1.29, 1.82) is 0 Å². The van der Waals surface area contributed by atoms with Crippen molar-refractivity contribution >= 4 is 27.2 Å². The van der Waals surface area contributed by atoms with Crippen LogP contribution in [0.5, 0.6) is 0 Å². The molecule has 3 aromatic rings. The smallest absolute Gasteiger partial charge is 0.181 e. The number of fused-ring (bicyclic) bond motifs is 3. The summed E-state index contributed by atoms with van der Waals surface area (Å²) in [4.78, 5) is 8.47. The van der Waals surface area contributed by atoms with Crippen molar-refractivity contribution in [3.8, 4) is 0 Å². The summed E-state index contributed by atoms with van der Waals surface area (Å²) in [5, 5.41) is 0. The average Bonchev–Trinajstić information content (AvgIpc) is 2.70.